The molecule has 2 atom stereocenters. The van der Waals surface area contributed by atoms with Crippen LogP contribution in [-0.2, 0) is 20.9 Å². The summed E-state index contributed by atoms with van der Waals surface area (Å²) in [5.74, 6) is 1.17. The molecule has 0 spiro atoms. The Balaban J connectivity index is 1.40. The lowest BCUT2D eigenvalue weighted by Crippen LogP contribution is -2.46. The summed E-state index contributed by atoms with van der Waals surface area (Å²) < 4.78 is 11.0. The molecule has 0 radical (unpaired) electrons. The molecule has 7 heteroatoms. The van der Waals surface area contributed by atoms with Gasteiger partial charge in [0.05, 0.1) is 11.1 Å². The molecule has 1 amide bonds. The number of rotatable bonds is 4. The number of thioether (sulfide) groups is 1. The third kappa shape index (κ3) is 2.93. The van der Waals surface area contributed by atoms with Crippen molar-refractivity contribution < 1.29 is 18.7 Å². The van der Waals surface area contributed by atoms with Gasteiger partial charge in [-0.15, -0.1) is 11.8 Å². The number of amides is 1. The van der Waals surface area contributed by atoms with Crippen molar-refractivity contribution in [2.24, 2.45) is 0 Å². The molecule has 2 saturated heterocycles. The van der Waals surface area contributed by atoms with Crippen molar-refractivity contribution in [3.05, 3.63) is 42.4 Å². The molecule has 0 unspecified atom stereocenters. The largest absolute Gasteiger partial charge is 0.454 e. The second-order valence-corrected chi connectivity index (χ2v) is 7.86. The van der Waals surface area contributed by atoms with Gasteiger partial charge in [-0.3, -0.25) is 4.79 Å². The van der Waals surface area contributed by atoms with Crippen LogP contribution in [0, 0.1) is 0 Å². The zero-order chi connectivity index (χ0) is 17.4. The lowest BCUT2D eigenvalue weighted by atomic mass is 10.2. The van der Waals surface area contributed by atoms with Crippen molar-refractivity contribution in [3.8, 4) is 11.3 Å². The number of esters is 1. The van der Waals surface area contributed by atoms with Gasteiger partial charge in [0.25, 0.3) is 0 Å². The number of fused-ring (bicyclic) bond motifs is 1. The lowest BCUT2D eigenvalue weighted by molar-refractivity contribution is -0.155. The van der Waals surface area contributed by atoms with Crippen LogP contribution in [0.3, 0.4) is 0 Å². The van der Waals surface area contributed by atoms with E-state index in [0.29, 0.717) is 23.8 Å². The van der Waals surface area contributed by atoms with Crippen LogP contribution >= 0.6 is 11.8 Å². The van der Waals surface area contributed by atoms with Crippen molar-refractivity contribution in [1.29, 1.82) is 0 Å². The third-order valence-corrected chi connectivity index (χ3v) is 6.17. The molecule has 2 aromatic rings. The highest BCUT2D eigenvalue weighted by Crippen LogP contribution is 2.47. The van der Waals surface area contributed by atoms with Crippen molar-refractivity contribution in [2.45, 2.75) is 37.3 Å². The molecule has 3 heterocycles. The monoisotopic (exact) mass is 358 g/mol. The Kier molecular flexibility index (Phi) is 4.03. The number of nitrogens with zero attached hydrogens (tertiary/aromatic N) is 2. The predicted molar refractivity (Wildman–Crippen MR) is 92.5 cm³/mol. The van der Waals surface area contributed by atoms with Crippen molar-refractivity contribution >= 4 is 23.6 Å². The van der Waals surface area contributed by atoms with Crippen molar-refractivity contribution in [3.63, 3.8) is 0 Å². The van der Waals surface area contributed by atoms with Crippen molar-refractivity contribution in [2.75, 3.05) is 5.75 Å². The Labute approximate surface area is 149 Å². The summed E-state index contributed by atoms with van der Waals surface area (Å²) in [7, 11) is 0. The Morgan fingerprint density at radius 2 is 2.24 bits per heavy atom. The fraction of sp³-hybridized carbons (Fsp3) is 0.389. The number of ether oxygens (including phenoxy) is 1. The number of benzene rings is 1. The number of carbonyl (C=O) groups excluding carboxylic acids is 2. The first-order valence-corrected chi connectivity index (χ1v) is 9.18. The Hall–Kier alpha value is -2.28. The van der Waals surface area contributed by atoms with Crippen LogP contribution in [0.5, 0.6) is 0 Å². The molecule has 2 fully saturated rings. The highest BCUT2D eigenvalue weighted by molar-refractivity contribution is 8.01. The highest BCUT2D eigenvalue weighted by Gasteiger charge is 2.53. The maximum Gasteiger partial charge on any atom is 0.330 e. The van der Waals surface area contributed by atoms with Gasteiger partial charge >= 0.3 is 5.97 Å². The van der Waals surface area contributed by atoms with Crippen LogP contribution in [0.2, 0.25) is 0 Å². The Morgan fingerprint density at radius 3 is 3.04 bits per heavy atom. The zero-order valence-electron chi connectivity index (χ0n) is 13.8. The summed E-state index contributed by atoms with van der Waals surface area (Å²) >= 11 is 1.64. The quantitative estimate of drug-likeness (QED) is 0.783. The number of hydrogen-bond donors (Lipinski definition) is 0. The lowest BCUT2D eigenvalue weighted by Gasteiger charge is -2.29. The number of carbonyl (C=O) groups is 2. The van der Waals surface area contributed by atoms with Gasteiger partial charge in [-0.05, 0) is 13.3 Å². The van der Waals surface area contributed by atoms with E-state index in [1.807, 2.05) is 37.3 Å². The van der Waals surface area contributed by atoms with E-state index in [-0.39, 0.29) is 17.4 Å². The fourth-order valence-electron chi connectivity index (χ4n) is 3.34. The van der Waals surface area contributed by atoms with Crippen LogP contribution in [0.1, 0.15) is 25.7 Å². The van der Waals surface area contributed by atoms with Gasteiger partial charge in [0, 0.05) is 17.7 Å². The third-order valence-electron chi connectivity index (χ3n) is 4.67. The van der Waals surface area contributed by atoms with Crippen molar-refractivity contribution in [1.82, 2.24) is 9.88 Å². The maximum absolute atomic E-state index is 12.4. The van der Waals surface area contributed by atoms with Gasteiger partial charge in [0.1, 0.15) is 6.04 Å². The molecule has 130 valence electrons. The molecular formula is C18H18N2O4S. The Morgan fingerprint density at radius 1 is 1.44 bits per heavy atom. The number of aromatic nitrogens is 1. The minimum absolute atomic E-state index is 0.0249. The minimum Gasteiger partial charge on any atom is -0.454 e. The normalized spacial score (nSPS) is 25.2. The van der Waals surface area contributed by atoms with E-state index in [2.05, 4.69) is 4.98 Å². The molecule has 1 aromatic heterocycles. The Bertz CT molecular complexity index is 806. The van der Waals surface area contributed by atoms with E-state index in [9.17, 15) is 9.59 Å². The predicted octanol–water partition coefficient (Wildman–Crippen LogP) is 2.84. The van der Waals surface area contributed by atoms with Gasteiger partial charge < -0.3 is 14.1 Å². The van der Waals surface area contributed by atoms with Crippen LogP contribution in [0.4, 0.5) is 0 Å². The molecule has 25 heavy (non-hydrogen) atoms. The summed E-state index contributed by atoms with van der Waals surface area (Å²) in [5.41, 5.74) is 0.915. The van der Waals surface area contributed by atoms with E-state index >= 15 is 0 Å². The van der Waals surface area contributed by atoms with Gasteiger partial charge in [-0.1, -0.05) is 30.3 Å². The molecule has 4 rings (SSSR count). The average Bonchev–Trinajstić information content (AvgIpc) is 3.30. The minimum atomic E-state index is -0.520. The fourth-order valence-corrected chi connectivity index (χ4v) is 4.75. The topological polar surface area (TPSA) is 72.6 Å². The van der Waals surface area contributed by atoms with Gasteiger partial charge in [-0.2, -0.15) is 0 Å². The molecule has 6 nitrogen and oxygen atoms in total. The zero-order valence-corrected chi connectivity index (χ0v) is 14.6. The molecule has 0 saturated carbocycles. The molecule has 0 aliphatic carbocycles. The first kappa shape index (κ1) is 16.2. The van der Waals surface area contributed by atoms with E-state index in [4.69, 9.17) is 9.15 Å². The molecule has 2 aliphatic rings. The number of oxazole rings is 1. The highest BCUT2D eigenvalue weighted by atomic mass is 32.2. The van der Waals surface area contributed by atoms with Gasteiger partial charge in [0.15, 0.2) is 12.4 Å². The van der Waals surface area contributed by atoms with Gasteiger partial charge in [-0.25, -0.2) is 9.78 Å². The summed E-state index contributed by atoms with van der Waals surface area (Å²) in [5, 5.41) is 0. The first-order valence-electron chi connectivity index (χ1n) is 8.20. The SMILES string of the molecule is C[C@]12CCC(=O)N1[C@H](C(=O)OCc1ncc(-c3ccccc3)o1)CS2. The van der Waals surface area contributed by atoms with Gasteiger partial charge in [0.2, 0.25) is 11.8 Å². The van der Waals surface area contributed by atoms with E-state index < -0.39 is 12.0 Å². The molecule has 1 aromatic carbocycles. The standard InChI is InChI=1S/C18H18N2O4S/c1-18-8-7-16(21)20(18)13(11-25-18)17(22)23-10-15-19-9-14(24-15)12-5-3-2-4-6-12/h2-6,9,13H,7-8,10-11H2,1H3/t13-,18-/m0/s1. The van der Waals surface area contributed by atoms with E-state index in [0.717, 1.165) is 12.0 Å². The summed E-state index contributed by atoms with van der Waals surface area (Å²) in [6.45, 7) is 1.97. The summed E-state index contributed by atoms with van der Waals surface area (Å²) in [4.78, 5) is 30.1. The summed E-state index contributed by atoms with van der Waals surface area (Å²) in [6, 6.07) is 9.08. The maximum atomic E-state index is 12.4. The molecule has 2 aliphatic heterocycles. The second-order valence-electron chi connectivity index (χ2n) is 6.36. The second kappa shape index (κ2) is 6.22. The van der Waals surface area contributed by atoms with Crippen LogP contribution in [-0.4, -0.2) is 38.4 Å². The number of hydrogen-bond acceptors (Lipinski definition) is 6. The first-order chi connectivity index (χ1) is 12.1. The smallest absolute Gasteiger partial charge is 0.330 e. The molecular weight excluding hydrogens is 340 g/mol. The molecule has 0 N–H and O–H groups in total. The van der Waals surface area contributed by atoms with Crippen LogP contribution in [0.25, 0.3) is 11.3 Å². The van der Waals surface area contributed by atoms with E-state index in [1.165, 1.54) is 0 Å². The van der Waals surface area contributed by atoms with Crippen LogP contribution in [0.15, 0.2) is 40.9 Å². The average molecular weight is 358 g/mol. The van der Waals surface area contributed by atoms with E-state index in [1.54, 1.807) is 22.9 Å². The summed E-state index contributed by atoms with van der Waals surface area (Å²) in [6.07, 6.45) is 2.89. The molecule has 0 bridgehead atoms. The van der Waals surface area contributed by atoms with Crippen LogP contribution < -0.4 is 0 Å².